The van der Waals surface area contributed by atoms with Crippen LogP contribution in [0.5, 0.6) is 5.75 Å². The Balaban J connectivity index is 1.36. The van der Waals surface area contributed by atoms with Crippen LogP contribution in [0.1, 0.15) is 18.7 Å². The molecule has 156 valence electrons. The van der Waals surface area contributed by atoms with Crippen molar-refractivity contribution in [2.45, 2.75) is 19.4 Å². The normalized spacial score (nSPS) is 16.9. The molecule has 30 heavy (non-hydrogen) atoms. The minimum atomic E-state index is -0.00270. The van der Waals surface area contributed by atoms with Gasteiger partial charge in [0.1, 0.15) is 11.6 Å². The van der Waals surface area contributed by atoms with E-state index in [0.717, 1.165) is 60.9 Å². The van der Waals surface area contributed by atoms with Crippen molar-refractivity contribution >= 4 is 11.6 Å². The summed E-state index contributed by atoms with van der Waals surface area (Å²) < 4.78 is 7.34. The van der Waals surface area contributed by atoms with Crippen LogP contribution in [-0.2, 0) is 18.4 Å². The molecule has 6 heteroatoms. The lowest BCUT2D eigenvalue weighted by atomic mass is 9.97. The summed E-state index contributed by atoms with van der Waals surface area (Å²) in [5, 5.41) is 3.09. The van der Waals surface area contributed by atoms with Crippen molar-refractivity contribution < 1.29 is 9.53 Å². The molecule has 1 atom stereocenters. The maximum Gasteiger partial charge on any atom is 0.228 e. The molecule has 1 fully saturated rings. The fourth-order valence-electron chi connectivity index (χ4n) is 3.95. The van der Waals surface area contributed by atoms with Gasteiger partial charge in [0.2, 0.25) is 5.91 Å². The first-order valence-corrected chi connectivity index (χ1v) is 10.4. The lowest BCUT2D eigenvalue weighted by molar-refractivity contribution is -0.121. The Morgan fingerprint density at radius 3 is 2.77 bits per heavy atom. The summed E-state index contributed by atoms with van der Waals surface area (Å²) in [4.78, 5) is 19.6. The number of methoxy groups -OCH3 is 1. The zero-order valence-corrected chi connectivity index (χ0v) is 17.5. The van der Waals surface area contributed by atoms with Crippen LogP contribution in [0.25, 0.3) is 11.1 Å². The third kappa shape index (κ3) is 4.71. The van der Waals surface area contributed by atoms with Gasteiger partial charge in [0.15, 0.2) is 0 Å². The molecule has 1 amide bonds. The molecule has 0 radical (unpaired) electrons. The molecular formula is C24H28N4O2. The van der Waals surface area contributed by atoms with Crippen LogP contribution < -0.4 is 10.1 Å². The quantitative estimate of drug-likeness (QED) is 0.676. The predicted molar refractivity (Wildman–Crippen MR) is 118 cm³/mol. The average Bonchev–Trinajstić information content (AvgIpc) is 3.18. The van der Waals surface area contributed by atoms with Crippen LogP contribution in [-0.4, -0.2) is 40.6 Å². The number of nitrogens with one attached hydrogen (secondary N) is 1. The van der Waals surface area contributed by atoms with E-state index in [1.54, 1.807) is 7.11 Å². The second-order valence-corrected chi connectivity index (χ2v) is 7.83. The molecule has 0 saturated carbocycles. The smallest absolute Gasteiger partial charge is 0.228 e. The van der Waals surface area contributed by atoms with Gasteiger partial charge in [-0.1, -0.05) is 24.3 Å². The number of carbonyl (C=O) groups is 1. The maximum absolute atomic E-state index is 12.8. The van der Waals surface area contributed by atoms with Crippen LogP contribution in [0, 0.1) is 5.92 Å². The summed E-state index contributed by atoms with van der Waals surface area (Å²) in [6, 6.07) is 15.9. The standard InChI is InChI=1S/C24H28N4O2/c1-27-14-12-25-23(27)17-28-13-4-6-20(16-28)24(29)26-21-10-8-18(9-11-21)19-5-3-7-22(15-19)30-2/h3,5,7-12,14-15,20H,4,6,13,16-17H2,1-2H3,(H,26,29). The summed E-state index contributed by atoms with van der Waals surface area (Å²) in [6.07, 6.45) is 5.72. The van der Waals surface area contributed by atoms with Crippen molar-refractivity contribution in [2.75, 3.05) is 25.5 Å². The fraction of sp³-hybridized carbons (Fsp3) is 0.333. The molecule has 3 aromatic rings. The van der Waals surface area contributed by atoms with E-state index in [2.05, 4.69) is 15.2 Å². The monoisotopic (exact) mass is 404 g/mol. The lowest BCUT2D eigenvalue weighted by Crippen LogP contribution is -2.40. The number of piperidine rings is 1. The van der Waals surface area contributed by atoms with Crippen molar-refractivity contribution in [1.29, 1.82) is 0 Å². The highest BCUT2D eigenvalue weighted by Gasteiger charge is 2.26. The molecule has 2 heterocycles. The first kappa shape index (κ1) is 20.2. The van der Waals surface area contributed by atoms with Crippen molar-refractivity contribution in [2.24, 2.45) is 13.0 Å². The van der Waals surface area contributed by atoms with E-state index in [1.165, 1.54) is 0 Å². The van der Waals surface area contributed by atoms with E-state index in [-0.39, 0.29) is 11.8 Å². The Morgan fingerprint density at radius 1 is 1.20 bits per heavy atom. The first-order chi connectivity index (χ1) is 14.6. The van der Waals surface area contributed by atoms with Crippen LogP contribution >= 0.6 is 0 Å². The number of hydrogen-bond acceptors (Lipinski definition) is 4. The van der Waals surface area contributed by atoms with Gasteiger partial charge < -0.3 is 14.6 Å². The number of rotatable bonds is 6. The maximum atomic E-state index is 12.8. The number of nitrogens with zero attached hydrogens (tertiary/aromatic N) is 3. The highest BCUT2D eigenvalue weighted by atomic mass is 16.5. The molecule has 2 aromatic carbocycles. The number of likely N-dealkylation sites (tertiary alicyclic amines) is 1. The lowest BCUT2D eigenvalue weighted by Gasteiger charge is -2.31. The molecule has 1 N–H and O–H groups in total. The summed E-state index contributed by atoms with van der Waals surface area (Å²) in [5.41, 5.74) is 3.00. The molecule has 0 spiro atoms. The van der Waals surface area contributed by atoms with Gasteiger partial charge in [-0.15, -0.1) is 0 Å². The van der Waals surface area contributed by atoms with E-state index in [4.69, 9.17) is 4.74 Å². The average molecular weight is 405 g/mol. The van der Waals surface area contributed by atoms with E-state index >= 15 is 0 Å². The topological polar surface area (TPSA) is 59.4 Å². The van der Waals surface area contributed by atoms with Crippen molar-refractivity contribution in [3.8, 4) is 16.9 Å². The van der Waals surface area contributed by atoms with Gasteiger partial charge in [-0.2, -0.15) is 0 Å². The third-order valence-corrected chi connectivity index (χ3v) is 5.72. The van der Waals surface area contributed by atoms with Gasteiger partial charge in [-0.05, 0) is 54.8 Å². The number of carbonyl (C=O) groups excluding carboxylic acids is 1. The molecular weight excluding hydrogens is 376 g/mol. The molecule has 1 aliphatic heterocycles. The molecule has 1 aliphatic rings. The van der Waals surface area contributed by atoms with Crippen LogP contribution in [0.3, 0.4) is 0 Å². The number of aryl methyl sites for hydroxylation is 1. The Labute approximate surface area is 177 Å². The number of hydrogen-bond donors (Lipinski definition) is 1. The van der Waals surface area contributed by atoms with Crippen LogP contribution in [0.15, 0.2) is 60.9 Å². The number of ether oxygens (including phenoxy) is 1. The van der Waals surface area contributed by atoms with Gasteiger partial charge in [-0.25, -0.2) is 4.98 Å². The van der Waals surface area contributed by atoms with E-state index in [1.807, 2.05) is 72.5 Å². The van der Waals surface area contributed by atoms with Gasteiger partial charge in [0.25, 0.3) is 0 Å². The number of amides is 1. The Kier molecular flexibility index (Phi) is 6.14. The van der Waals surface area contributed by atoms with E-state index < -0.39 is 0 Å². The second-order valence-electron chi connectivity index (χ2n) is 7.83. The highest BCUT2D eigenvalue weighted by molar-refractivity contribution is 5.93. The largest absolute Gasteiger partial charge is 0.497 e. The van der Waals surface area contributed by atoms with Crippen LogP contribution in [0.4, 0.5) is 5.69 Å². The van der Waals surface area contributed by atoms with Gasteiger partial charge in [0, 0.05) is 31.7 Å². The summed E-state index contributed by atoms with van der Waals surface area (Å²) >= 11 is 0. The van der Waals surface area contributed by atoms with Gasteiger partial charge in [0.05, 0.1) is 19.6 Å². The third-order valence-electron chi connectivity index (χ3n) is 5.72. The number of anilines is 1. The SMILES string of the molecule is COc1cccc(-c2ccc(NC(=O)C3CCCN(Cc4nccn4C)C3)cc2)c1. The second kappa shape index (κ2) is 9.13. The summed E-state index contributed by atoms with van der Waals surface area (Å²) in [7, 11) is 3.67. The van der Waals surface area contributed by atoms with Crippen molar-refractivity contribution in [1.82, 2.24) is 14.5 Å². The Morgan fingerprint density at radius 2 is 2.03 bits per heavy atom. The number of aromatic nitrogens is 2. The zero-order valence-electron chi connectivity index (χ0n) is 17.5. The molecule has 6 nitrogen and oxygen atoms in total. The van der Waals surface area contributed by atoms with Crippen LogP contribution in [0.2, 0.25) is 0 Å². The molecule has 0 bridgehead atoms. The Hall–Kier alpha value is -3.12. The summed E-state index contributed by atoms with van der Waals surface area (Å²) in [5.74, 6) is 1.95. The van der Waals surface area contributed by atoms with E-state index in [0.29, 0.717) is 0 Å². The molecule has 1 saturated heterocycles. The summed E-state index contributed by atoms with van der Waals surface area (Å²) in [6.45, 7) is 2.55. The van der Waals surface area contributed by atoms with Gasteiger partial charge in [-0.3, -0.25) is 9.69 Å². The molecule has 4 rings (SSSR count). The van der Waals surface area contributed by atoms with Crippen molar-refractivity contribution in [3.05, 3.63) is 66.7 Å². The fourth-order valence-corrected chi connectivity index (χ4v) is 3.95. The molecule has 1 unspecified atom stereocenters. The van der Waals surface area contributed by atoms with Crippen molar-refractivity contribution in [3.63, 3.8) is 0 Å². The Bertz CT molecular complexity index is 996. The predicted octanol–water partition coefficient (Wildman–Crippen LogP) is 3.95. The first-order valence-electron chi connectivity index (χ1n) is 10.4. The minimum Gasteiger partial charge on any atom is -0.497 e. The number of imidazole rings is 1. The minimum absolute atomic E-state index is 0.00270. The number of benzene rings is 2. The molecule has 1 aromatic heterocycles. The zero-order chi connectivity index (χ0) is 20.9. The molecule has 0 aliphatic carbocycles. The van der Waals surface area contributed by atoms with Gasteiger partial charge >= 0.3 is 0 Å². The highest BCUT2D eigenvalue weighted by Crippen LogP contribution is 2.26. The van der Waals surface area contributed by atoms with E-state index in [9.17, 15) is 4.79 Å².